The van der Waals surface area contributed by atoms with Crippen molar-refractivity contribution < 1.29 is 14.0 Å². The molecule has 1 aromatic heterocycles. The molecule has 1 fully saturated rings. The van der Waals surface area contributed by atoms with Crippen molar-refractivity contribution in [1.82, 2.24) is 10.2 Å². The fraction of sp³-hybridized carbons (Fsp3) is 0.333. The van der Waals surface area contributed by atoms with Crippen molar-refractivity contribution in [2.45, 2.75) is 19.4 Å². The van der Waals surface area contributed by atoms with Crippen LogP contribution < -0.4 is 5.32 Å². The summed E-state index contributed by atoms with van der Waals surface area (Å²) in [6.07, 6.45) is 4.28. The fourth-order valence-corrected chi connectivity index (χ4v) is 2.88. The molecule has 1 aliphatic heterocycles. The molecular formula is C18H20N2O3. The molecule has 1 aromatic carbocycles. The van der Waals surface area contributed by atoms with Gasteiger partial charge in [0.2, 0.25) is 5.91 Å². The second-order valence-electron chi connectivity index (χ2n) is 5.88. The number of amides is 2. The van der Waals surface area contributed by atoms with Gasteiger partial charge in [-0.25, -0.2) is 0 Å². The number of likely N-dealkylation sites (tertiary alicyclic amines) is 1. The maximum atomic E-state index is 12.2. The van der Waals surface area contributed by atoms with Crippen LogP contribution in [0, 0.1) is 5.92 Å². The van der Waals surface area contributed by atoms with E-state index in [1.54, 1.807) is 11.0 Å². The summed E-state index contributed by atoms with van der Waals surface area (Å²) < 4.78 is 4.95. The SMILES string of the molecule is O=C(CC1CCN(C(=O)c2ccoc2)C1)NCc1ccccc1. The topological polar surface area (TPSA) is 62.6 Å². The number of hydrogen-bond donors (Lipinski definition) is 1. The third-order valence-electron chi connectivity index (χ3n) is 4.15. The Balaban J connectivity index is 1.44. The average Bonchev–Trinajstić information content (AvgIpc) is 3.25. The Labute approximate surface area is 135 Å². The van der Waals surface area contributed by atoms with Gasteiger partial charge in [-0.3, -0.25) is 9.59 Å². The standard InChI is InChI=1S/C18H20N2O3/c21-17(19-11-14-4-2-1-3-5-14)10-15-6-8-20(12-15)18(22)16-7-9-23-13-16/h1-5,7,9,13,15H,6,8,10-12H2,(H,19,21). The Hall–Kier alpha value is -2.56. The molecule has 0 radical (unpaired) electrons. The first-order valence-electron chi connectivity index (χ1n) is 7.84. The molecule has 23 heavy (non-hydrogen) atoms. The Morgan fingerprint density at radius 3 is 2.78 bits per heavy atom. The molecule has 0 saturated carbocycles. The van der Waals surface area contributed by atoms with E-state index in [0.717, 1.165) is 12.0 Å². The molecule has 5 nitrogen and oxygen atoms in total. The molecule has 5 heteroatoms. The molecule has 2 heterocycles. The number of furan rings is 1. The normalized spacial score (nSPS) is 17.2. The summed E-state index contributed by atoms with van der Waals surface area (Å²) in [5.41, 5.74) is 1.66. The maximum Gasteiger partial charge on any atom is 0.257 e. The van der Waals surface area contributed by atoms with Crippen LogP contribution in [0.1, 0.15) is 28.8 Å². The fourth-order valence-electron chi connectivity index (χ4n) is 2.88. The van der Waals surface area contributed by atoms with Crippen LogP contribution in [0.3, 0.4) is 0 Å². The van der Waals surface area contributed by atoms with Crippen molar-refractivity contribution in [3.05, 3.63) is 60.1 Å². The summed E-state index contributed by atoms with van der Waals surface area (Å²) in [7, 11) is 0. The van der Waals surface area contributed by atoms with Crippen LogP contribution in [0.2, 0.25) is 0 Å². The number of carbonyl (C=O) groups is 2. The van der Waals surface area contributed by atoms with Crippen LogP contribution in [0.25, 0.3) is 0 Å². The molecule has 120 valence electrons. The van der Waals surface area contributed by atoms with E-state index in [2.05, 4.69) is 5.32 Å². The van der Waals surface area contributed by atoms with Gasteiger partial charge in [-0.05, 0) is 24.0 Å². The number of rotatable bonds is 5. The van der Waals surface area contributed by atoms with Crippen molar-refractivity contribution in [2.75, 3.05) is 13.1 Å². The minimum atomic E-state index is -0.0223. The van der Waals surface area contributed by atoms with Crippen LogP contribution in [0.5, 0.6) is 0 Å². The molecular weight excluding hydrogens is 292 g/mol. The molecule has 1 N–H and O–H groups in total. The first kappa shape index (κ1) is 15.3. The van der Waals surface area contributed by atoms with Gasteiger partial charge in [-0.1, -0.05) is 30.3 Å². The Morgan fingerprint density at radius 2 is 2.04 bits per heavy atom. The predicted molar refractivity (Wildman–Crippen MR) is 85.6 cm³/mol. The third-order valence-corrected chi connectivity index (χ3v) is 4.15. The van der Waals surface area contributed by atoms with E-state index in [4.69, 9.17) is 4.42 Å². The van der Waals surface area contributed by atoms with Crippen molar-refractivity contribution in [1.29, 1.82) is 0 Å². The number of hydrogen-bond acceptors (Lipinski definition) is 3. The third kappa shape index (κ3) is 4.00. The van der Waals surface area contributed by atoms with Crippen molar-refractivity contribution in [3.8, 4) is 0 Å². The highest BCUT2D eigenvalue weighted by Gasteiger charge is 2.28. The first-order valence-corrected chi connectivity index (χ1v) is 7.84. The van der Waals surface area contributed by atoms with Gasteiger partial charge >= 0.3 is 0 Å². The van der Waals surface area contributed by atoms with Gasteiger partial charge in [-0.15, -0.1) is 0 Å². The maximum absolute atomic E-state index is 12.2. The Kier molecular flexibility index (Phi) is 4.76. The van der Waals surface area contributed by atoms with E-state index < -0.39 is 0 Å². The zero-order chi connectivity index (χ0) is 16.1. The zero-order valence-corrected chi connectivity index (χ0v) is 12.9. The molecule has 1 unspecified atom stereocenters. The van der Waals surface area contributed by atoms with E-state index in [9.17, 15) is 9.59 Å². The summed E-state index contributed by atoms with van der Waals surface area (Å²) >= 11 is 0. The van der Waals surface area contributed by atoms with Gasteiger partial charge in [0, 0.05) is 26.1 Å². The number of nitrogens with one attached hydrogen (secondary N) is 1. The quantitative estimate of drug-likeness (QED) is 0.922. The van der Waals surface area contributed by atoms with Gasteiger partial charge in [0.1, 0.15) is 6.26 Å². The molecule has 0 bridgehead atoms. The van der Waals surface area contributed by atoms with E-state index in [0.29, 0.717) is 31.6 Å². The van der Waals surface area contributed by atoms with E-state index >= 15 is 0 Å². The zero-order valence-electron chi connectivity index (χ0n) is 12.9. The van der Waals surface area contributed by atoms with Gasteiger partial charge < -0.3 is 14.6 Å². The largest absolute Gasteiger partial charge is 0.472 e. The summed E-state index contributed by atoms with van der Waals surface area (Å²) in [6.45, 7) is 1.87. The monoisotopic (exact) mass is 312 g/mol. The molecule has 3 rings (SSSR count). The number of benzene rings is 1. The summed E-state index contributed by atoms with van der Waals surface area (Å²) in [5.74, 6) is 0.240. The smallest absolute Gasteiger partial charge is 0.257 e. The van der Waals surface area contributed by atoms with E-state index in [1.807, 2.05) is 30.3 Å². The Morgan fingerprint density at radius 1 is 1.22 bits per heavy atom. The average molecular weight is 312 g/mol. The number of carbonyl (C=O) groups excluding carboxylic acids is 2. The molecule has 0 spiro atoms. The highest BCUT2D eigenvalue weighted by atomic mass is 16.3. The van der Waals surface area contributed by atoms with Crippen molar-refractivity contribution in [3.63, 3.8) is 0 Å². The molecule has 2 amide bonds. The summed E-state index contributed by atoms with van der Waals surface area (Å²) in [4.78, 5) is 26.1. The minimum Gasteiger partial charge on any atom is -0.472 e. The van der Waals surface area contributed by atoms with Crippen LogP contribution in [-0.2, 0) is 11.3 Å². The van der Waals surface area contributed by atoms with E-state index in [-0.39, 0.29) is 17.7 Å². The lowest BCUT2D eigenvalue weighted by Crippen LogP contribution is -2.30. The van der Waals surface area contributed by atoms with Gasteiger partial charge in [0.05, 0.1) is 11.8 Å². The second-order valence-corrected chi connectivity index (χ2v) is 5.88. The van der Waals surface area contributed by atoms with Gasteiger partial charge in [0.25, 0.3) is 5.91 Å². The lowest BCUT2D eigenvalue weighted by molar-refractivity contribution is -0.122. The highest BCUT2D eigenvalue weighted by Crippen LogP contribution is 2.21. The lowest BCUT2D eigenvalue weighted by atomic mass is 10.0. The molecule has 1 aliphatic rings. The van der Waals surface area contributed by atoms with Crippen LogP contribution in [0.15, 0.2) is 53.3 Å². The van der Waals surface area contributed by atoms with Crippen LogP contribution in [0.4, 0.5) is 0 Å². The van der Waals surface area contributed by atoms with Crippen molar-refractivity contribution in [2.24, 2.45) is 5.92 Å². The minimum absolute atomic E-state index is 0.0223. The van der Waals surface area contributed by atoms with Gasteiger partial charge in [0.15, 0.2) is 0 Å². The van der Waals surface area contributed by atoms with Crippen LogP contribution in [-0.4, -0.2) is 29.8 Å². The van der Waals surface area contributed by atoms with Crippen molar-refractivity contribution >= 4 is 11.8 Å². The number of nitrogens with zero attached hydrogens (tertiary/aromatic N) is 1. The molecule has 1 saturated heterocycles. The molecule has 0 aliphatic carbocycles. The predicted octanol–water partition coefficient (Wildman–Crippen LogP) is 2.45. The van der Waals surface area contributed by atoms with Gasteiger partial charge in [-0.2, -0.15) is 0 Å². The van der Waals surface area contributed by atoms with Crippen LogP contribution >= 0.6 is 0 Å². The Bertz CT molecular complexity index is 652. The summed E-state index contributed by atoms with van der Waals surface area (Å²) in [5, 5.41) is 2.94. The first-order chi connectivity index (χ1) is 11.2. The second kappa shape index (κ2) is 7.13. The highest BCUT2D eigenvalue weighted by molar-refractivity contribution is 5.94. The molecule has 2 aromatic rings. The van der Waals surface area contributed by atoms with E-state index in [1.165, 1.54) is 12.5 Å². The summed E-state index contributed by atoms with van der Waals surface area (Å²) in [6, 6.07) is 11.5. The molecule has 1 atom stereocenters. The lowest BCUT2D eigenvalue weighted by Gasteiger charge is -2.15.